The van der Waals surface area contributed by atoms with Crippen LogP contribution in [0.3, 0.4) is 0 Å². The highest BCUT2D eigenvalue weighted by atomic mass is 15.3. The lowest BCUT2D eigenvalue weighted by atomic mass is 9.91. The zero-order chi connectivity index (χ0) is 12.3. The summed E-state index contributed by atoms with van der Waals surface area (Å²) >= 11 is 0. The molecule has 2 rings (SSSR count). The fourth-order valence-corrected chi connectivity index (χ4v) is 2.62. The molecule has 1 fully saturated rings. The van der Waals surface area contributed by atoms with E-state index in [1.165, 1.54) is 31.2 Å². The minimum Gasteiger partial charge on any atom is -0.328 e. The minimum absolute atomic E-state index is 0.433. The van der Waals surface area contributed by atoms with Crippen LogP contribution in [0.4, 0.5) is 0 Å². The fraction of sp³-hybridized carbons (Fsp3) is 0.769. The Labute approximate surface area is 104 Å². The van der Waals surface area contributed by atoms with Crippen molar-refractivity contribution in [3.8, 4) is 0 Å². The summed E-state index contributed by atoms with van der Waals surface area (Å²) in [6.07, 6.45) is 8.94. The van der Waals surface area contributed by atoms with E-state index in [4.69, 9.17) is 5.73 Å². The van der Waals surface area contributed by atoms with E-state index in [0.717, 1.165) is 13.1 Å². The largest absolute Gasteiger partial charge is 0.328 e. The first-order valence-corrected chi connectivity index (χ1v) is 6.66. The van der Waals surface area contributed by atoms with Crippen LogP contribution in [-0.4, -0.2) is 33.8 Å². The van der Waals surface area contributed by atoms with Crippen LogP contribution in [0.25, 0.3) is 0 Å². The summed E-state index contributed by atoms with van der Waals surface area (Å²) in [6, 6.07) is 1.13. The van der Waals surface area contributed by atoms with Crippen molar-refractivity contribution in [2.24, 2.45) is 5.73 Å². The van der Waals surface area contributed by atoms with Gasteiger partial charge in [0, 0.05) is 36.9 Å². The monoisotopic (exact) mass is 236 g/mol. The quantitative estimate of drug-likeness (QED) is 0.864. The van der Waals surface area contributed by atoms with Gasteiger partial charge in [0.1, 0.15) is 0 Å². The maximum atomic E-state index is 5.94. The number of hydrogen-bond donors (Lipinski definition) is 1. The average Bonchev–Trinajstić information content (AvgIpc) is 2.77. The molecule has 1 saturated carbocycles. The van der Waals surface area contributed by atoms with E-state index in [2.05, 4.69) is 30.2 Å². The predicted molar refractivity (Wildman–Crippen MR) is 69.6 cm³/mol. The van der Waals surface area contributed by atoms with Crippen molar-refractivity contribution in [3.05, 3.63) is 18.0 Å². The van der Waals surface area contributed by atoms with Gasteiger partial charge < -0.3 is 5.73 Å². The van der Waals surface area contributed by atoms with Crippen LogP contribution < -0.4 is 5.73 Å². The molecule has 4 nitrogen and oxygen atoms in total. The molecule has 1 heterocycles. The van der Waals surface area contributed by atoms with Crippen molar-refractivity contribution in [2.45, 2.75) is 57.8 Å². The highest BCUT2D eigenvalue weighted by molar-refractivity contribution is 5.03. The Kier molecular flexibility index (Phi) is 4.18. The van der Waals surface area contributed by atoms with Crippen LogP contribution >= 0.6 is 0 Å². The van der Waals surface area contributed by atoms with Crippen molar-refractivity contribution < 1.29 is 0 Å². The molecule has 96 valence electrons. The molecule has 1 aromatic rings. The topological polar surface area (TPSA) is 47.1 Å². The molecule has 0 spiro atoms. The van der Waals surface area contributed by atoms with E-state index in [1.807, 2.05) is 10.9 Å². The summed E-state index contributed by atoms with van der Waals surface area (Å²) in [5.74, 6) is 0. The first-order valence-electron chi connectivity index (χ1n) is 6.66. The first-order chi connectivity index (χ1) is 8.19. The van der Waals surface area contributed by atoms with Crippen LogP contribution in [0.15, 0.2) is 12.4 Å². The maximum absolute atomic E-state index is 5.94. The summed E-state index contributed by atoms with van der Waals surface area (Å²) in [4.78, 5) is 2.45. The van der Waals surface area contributed by atoms with Crippen molar-refractivity contribution in [2.75, 3.05) is 7.05 Å². The molecule has 0 amide bonds. The summed E-state index contributed by atoms with van der Waals surface area (Å²) in [7, 11) is 2.21. The van der Waals surface area contributed by atoms with Crippen LogP contribution in [-0.2, 0) is 13.1 Å². The second-order valence-electron chi connectivity index (χ2n) is 5.19. The van der Waals surface area contributed by atoms with Crippen molar-refractivity contribution >= 4 is 0 Å². The first kappa shape index (κ1) is 12.6. The van der Waals surface area contributed by atoms with Gasteiger partial charge >= 0.3 is 0 Å². The van der Waals surface area contributed by atoms with Gasteiger partial charge in [-0.1, -0.05) is 0 Å². The number of hydrogen-bond acceptors (Lipinski definition) is 3. The van der Waals surface area contributed by atoms with Gasteiger partial charge in [0.15, 0.2) is 0 Å². The zero-order valence-corrected chi connectivity index (χ0v) is 11.0. The lowest BCUT2D eigenvalue weighted by Gasteiger charge is -2.33. The standard InChI is InChI=1S/C13H24N4/c1-3-17-10-11(8-15-17)9-16(2)13-6-4-12(14)5-7-13/h8,10,12-13H,3-7,9,14H2,1-2H3. The fourth-order valence-electron chi connectivity index (χ4n) is 2.62. The number of aromatic nitrogens is 2. The Balaban J connectivity index is 1.85. The maximum Gasteiger partial charge on any atom is 0.0534 e. The molecule has 1 aliphatic rings. The van der Waals surface area contributed by atoms with Crippen LogP contribution in [0.5, 0.6) is 0 Å². The Morgan fingerprint density at radius 1 is 1.41 bits per heavy atom. The molecular formula is C13H24N4. The highest BCUT2D eigenvalue weighted by Crippen LogP contribution is 2.22. The van der Waals surface area contributed by atoms with Gasteiger partial charge in [-0.2, -0.15) is 5.10 Å². The van der Waals surface area contributed by atoms with E-state index >= 15 is 0 Å². The summed E-state index contributed by atoms with van der Waals surface area (Å²) in [5.41, 5.74) is 7.25. The van der Waals surface area contributed by atoms with E-state index in [-0.39, 0.29) is 0 Å². The normalized spacial score (nSPS) is 25.4. The Morgan fingerprint density at radius 2 is 2.12 bits per heavy atom. The highest BCUT2D eigenvalue weighted by Gasteiger charge is 2.21. The lowest BCUT2D eigenvalue weighted by molar-refractivity contribution is 0.176. The molecule has 1 aliphatic carbocycles. The number of rotatable bonds is 4. The smallest absolute Gasteiger partial charge is 0.0534 e. The van der Waals surface area contributed by atoms with Gasteiger partial charge in [0.25, 0.3) is 0 Å². The van der Waals surface area contributed by atoms with Gasteiger partial charge in [-0.15, -0.1) is 0 Å². The van der Waals surface area contributed by atoms with E-state index in [1.54, 1.807) is 0 Å². The van der Waals surface area contributed by atoms with Crippen molar-refractivity contribution in [1.82, 2.24) is 14.7 Å². The van der Waals surface area contributed by atoms with E-state index in [9.17, 15) is 0 Å². The molecule has 0 aromatic carbocycles. The molecule has 4 heteroatoms. The number of aryl methyl sites for hydroxylation is 1. The Hall–Kier alpha value is -0.870. The van der Waals surface area contributed by atoms with Crippen LogP contribution in [0, 0.1) is 0 Å². The molecule has 17 heavy (non-hydrogen) atoms. The van der Waals surface area contributed by atoms with E-state index < -0.39 is 0 Å². The Bertz CT molecular complexity index is 339. The van der Waals surface area contributed by atoms with Crippen LogP contribution in [0.1, 0.15) is 38.2 Å². The summed E-state index contributed by atoms with van der Waals surface area (Å²) in [6.45, 7) is 4.06. The zero-order valence-electron chi connectivity index (χ0n) is 11.0. The van der Waals surface area contributed by atoms with Gasteiger partial charge in [0.2, 0.25) is 0 Å². The van der Waals surface area contributed by atoms with E-state index in [0.29, 0.717) is 12.1 Å². The molecule has 2 N–H and O–H groups in total. The number of nitrogens with zero attached hydrogens (tertiary/aromatic N) is 3. The van der Waals surface area contributed by atoms with Crippen LogP contribution in [0.2, 0.25) is 0 Å². The molecule has 0 bridgehead atoms. The third-order valence-corrected chi connectivity index (χ3v) is 3.81. The van der Waals surface area contributed by atoms with Gasteiger partial charge in [-0.3, -0.25) is 9.58 Å². The van der Waals surface area contributed by atoms with Crippen molar-refractivity contribution in [3.63, 3.8) is 0 Å². The molecule has 0 aliphatic heterocycles. The molecule has 0 saturated heterocycles. The lowest BCUT2D eigenvalue weighted by Crippen LogP contribution is -2.38. The van der Waals surface area contributed by atoms with Crippen molar-refractivity contribution in [1.29, 1.82) is 0 Å². The third-order valence-electron chi connectivity index (χ3n) is 3.81. The minimum atomic E-state index is 0.433. The molecule has 0 unspecified atom stereocenters. The summed E-state index contributed by atoms with van der Waals surface area (Å²) < 4.78 is 1.99. The number of nitrogens with two attached hydrogens (primary N) is 1. The Morgan fingerprint density at radius 3 is 2.71 bits per heavy atom. The second-order valence-corrected chi connectivity index (χ2v) is 5.19. The molecule has 0 atom stereocenters. The molecular weight excluding hydrogens is 212 g/mol. The van der Waals surface area contributed by atoms with Gasteiger partial charge in [0.05, 0.1) is 6.20 Å². The SMILES string of the molecule is CCn1cc(CN(C)C2CCC(N)CC2)cn1. The second kappa shape index (κ2) is 5.65. The molecule has 1 aromatic heterocycles. The predicted octanol–water partition coefficient (Wildman–Crippen LogP) is 1.60. The average molecular weight is 236 g/mol. The van der Waals surface area contributed by atoms with Gasteiger partial charge in [-0.25, -0.2) is 0 Å². The molecule has 0 radical (unpaired) electrons. The van der Waals surface area contributed by atoms with Gasteiger partial charge in [-0.05, 0) is 39.7 Å². The summed E-state index contributed by atoms with van der Waals surface area (Å²) in [5, 5.41) is 4.31. The third kappa shape index (κ3) is 3.30.